The summed E-state index contributed by atoms with van der Waals surface area (Å²) in [4.78, 5) is 11.9. The Morgan fingerprint density at radius 3 is 2.20 bits per heavy atom. The Balaban J connectivity index is 1.98. The van der Waals surface area contributed by atoms with Crippen molar-refractivity contribution >= 4 is 5.91 Å². The van der Waals surface area contributed by atoms with E-state index in [1.165, 1.54) is 18.2 Å². The molecule has 2 aromatic rings. The summed E-state index contributed by atoms with van der Waals surface area (Å²) in [6.07, 6.45) is 0. The van der Waals surface area contributed by atoms with Crippen molar-refractivity contribution in [2.75, 3.05) is 0 Å². The zero-order chi connectivity index (χ0) is 14.5. The second-order valence-electron chi connectivity index (χ2n) is 4.36. The molecule has 0 unspecified atom stereocenters. The molecule has 2 rings (SSSR count). The second kappa shape index (κ2) is 6.08. The Hall–Kier alpha value is -2.53. The molecule has 5 nitrogen and oxygen atoms in total. The van der Waals surface area contributed by atoms with Crippen LogP contribution in [0.2, 0.25) is 0 Å². The molecule has 0 spiro atoms. The van der Waals surface area contributed by atoms with Gasteiger partial charge < -0.3 is 20.6 Å². The van der Waals surface area contributed by atoms with E-state index in [0.717, 1.165) is 11.1 Å². The van der Waals surface area contributed by atoms with Crippen LogP contribution in [0.25, 0.3) is 0 Å². The Morgan fingerprint density at radius 2 is 1.60 bits per heavy atom. The van der Waals surface area contributed by atoms with Gasteiger partial charge in [-0.05, 0) is 29.3 Å². The van der Waals surface area contributed by atoms with Crippen molar-refractivity contribution in [3.8, 4) is 11.5 Å². The van der Waals surface area contributed by atoms with E-state index in [-0.39, 0.29) is 29.6 Å². The lowest BCUT2D eigenvalue weighted by Crippen LogP contribution is -2.22. The summed E-state index contributed by atoms with van der Waals surface area (Å²) in [5.41, 5.74) is 1.98. The number of aromatic hydroxyl groups is 2. The van der Waals surface area contributed by atoms with E-state index < -0.39 is 0 Å². The molecule has 0 saturated carbocycles. The molecule has 0 aliphatic heterocycles. The summed E-state index contributed by atoms with van der Waals surface area (Å²) in [6.45, 7) is 0.325. The molecule has 104 valence electrons. The van der Waals surface area contributed by atoms with Crippen LogP contribution < -0.4 is 5.32 Å². The number of carbonyl (C=O) groups excluding carboxylic acids is 1. The molecule has 1 amide bonds. The maximum atomic E-state index is 11.9. The number of rotatable bonds is 4. The molecule has 5 heteroatoms. The van der Waals surface area contributed by atoms with Crippen LogP contribution in [-0.4, -0.2) is 21.2 Å². The normalized spacial score (nSPS) is 10.2. The zero-order valence-corrected chi connectivity index (χ0v) is 10.7. The topological polar surface area (TPSA) is 89.8 Å². The summed E-state index contributed by atoms with van der Waals surface area (Å²) in [7, 11) is 0. The fraction of sp³-hybridized carbons (Fsp3) is 0.133. The molecule has 0 saturated heterocycles. The van der Waals surface area contributed by atoms with Gasteiger partial charge in [0.05, 0.1) is 6.61 Å². The second-order valence-corrected chi connectivity index (χ2v) is 4.36. The molecule has 0 heterocycles. The van der Waals surface area contributed by atoms with Gasteiger partial charge in [-0.3, -0.25) is 4.79 Å². The third kappa shape index (κ3) is 3.27. The Morgan fingerprint density at radius 1 is 0.950 bits per heavy atom. The smallest absolute Gasteiger partial charge is 0.251 e. The minimum Gasteiger partial charge on any atom is -0.504 e. The number of aliphatic hydroxyl groups is 1. The largest absolute Gasteiger partial charge is 0.504 e. The van der Waals surface area contributed by atoms with E-state index in [2.05, 4.69) is 5.32 Å². The number of nitrogens with one attached hydrogen (secondary N) is 1. The lowest BCUT2D eigenvalue weighted by molar-refractivity contribution is 0.0950. The highest BCUT2D eigenvalue weighted by molar-refractivity contribution is 5.94. The molecule has 0 aliphatic rings. The Kier molecular flexibility index (Phi) is 4.22. The van der Waals surface area contributed by atoms with Crippen LogP contribution in [0.5, 0.6) is 11.5 Å². The van der Waals surface area contributed by atoms with Gasteiger partial charge in [-0.25, -0.2) is 0 Å². The van der Waals surface area contributed by atoms with Gasteiger partial charge >= 0.3 is 0 Å². The van der Waals surface area contributed by atoms with Crippen molar-refractivity contribution in [3.05, 3.63) is 59.2 Å². The van der Waals surface area contributed by atoms with Gasteiger partial charge in [-0.15, -0.1) is 0 Å². The highest BCUT2D eigenvalue weighted by atomic mass is 16.3. The van der Waals surface area contributed by atoms with Gasteiger partial charge in [0.15, 0.2) is 11.5 Å². The lowest BCUT2D eigenvalue weighted by Gasteiger charge is -2.07. The number of phenols is 2. The number of carbonyl (C=O) groups is 1. The molecule has 0 aliphatic carbocycles. The molecular weight excluding hydrogens is 258 g/mol. The van der Waals surface area contributed by atoms with Gasteiger partial charge in [-0.1, -0.05) is 24.3 Å². The average Bonchev–Trinajstić information content (AvgIpc) is 2.48. The third-order valence-electron chi connectivity index (χ3n) is 2.90. The fourth-order valence-electron chi connectivity index (χ4n) is 1.71. The standard InChI is InChI=1S/C15H15NO4/c17-9-11-3-1-10(2-4-11)8-16-15(20)12-5-6-13(18)14(19)7-12/h1-7,17-19H,8-9H2,(H,16,20). The van der Waals surface area contributed by atoms with Crippen molar-refractivity contribution in [1.82, 2.24) is 5.32 Å². The minimum absolute atomic E-state index is 0.0145. The monoisotopic (exact) mass is 273 g/mol. The van der Waals surface area contributed by atoms with Crippen LogP contribution >= 0.6 is 0 Å². The number of amides is 1. The first-order valence-corrected chi connectivity index (χ1v) is 6.09. The van der Waals surface area contributed by atoms with Crippen LogP contribution in [0.4, 0.5) is 0 Å². The number of phenolic OH excluding ortho intramolecular Hbond substituents is 2. The van der Waals surface area contributed by atoms with Crippen molar-refractivity contribution < 1.29 is 20.1 Å². The van der Waals surface area contributed by atoms with Gasteiger partial charge in [-0.2, -0.15) is 0 Å². The fourth-order valence-corrected chi connectivity index (χ4v) is 1.71. The van der Waals surface area contributed by atoms with Crippen molar-refractivity contribution in [2.24, 2.45) is 0 Å². The van der Waals surface area contributed by atoms with Crippen LogP contribution in [-0.2, 0) is 13.2 Å². The quantitative estimate of drug-likeness (QED) is 0.636. The van der Waals surface area contributed by atoms with Crippen molar-refractivity contribution in [3.63, 3.8) is 0 Å². The van der Waals surface area contributed by atoms with Gasteiger partial charge in [0.1, 0.15) is 0 Å². The summed E-state index contributed by atoms with van der Waals surface area (Å²) >= 11 is 0. The molecule has 0 atom stereocenters. The van der Waals surface area contributed by atoms with E-state index in [1.807, 2.05) is 12.1 Å². The van der Waals surface area contributed by atoms with Crippen LogP contribution in [0.15, 0.2) is 42.5 Å². The molecular formula is C15H15NO4. The molecule has 2 aromatic carbocycles. The van der Waals surface area contributed by atoms with Crippen molar-refractivity contribution in [1.29, 1.82) is 0 Å². The van der Waals surface area contributed by atoms with Crippen molar-refractivity contribution in [2.45, 2.75) is 13.2 Å². The molecule has 0 bridgehead atoms. The highest BCUT2D eigenvalue weighted by Gasteiger charge is 2.08. The van der Waals surface area contributed by atoms with E-state index in [4.69, 9.17) is 5.11 Å². The summed E-state index contributed by atoms with van der Waals surface area (Å²) in [5.74, 6) is -0.933. The first-order valence-electron chi connectivity index (χ1n) is 6.09. The number of hydrogen-bond donors (Lipinski definition) is 4. The summed E-state index contributed by atoms with van der Waals surface area (Å²) in [5, 5.41) is 30.2. The van der Waals surface area contributed by atoms with E-state index in [0.29, 0.717) is 6.54 Å². The van der Waals surface area contributed by atoms with Gasteiger partial charge in [0.2, 0.25) is 0 Å². The van der Waals surface area contributed by atoms with E-state index in [9.17, 15) is 15.0 Å². The zero-order valence-electron chi connectivity index (χ0n) is 10.7. The first-order chi connectivity index (χ1) is 9.60. The predicted octanol–water partition coefficient (Wildman–Crippen LogP) is 1.52. The van der Waals surface area contributed by atoms with Crippen LogP contribution in [0.3, 0.4) is 0 Å². The summed E-state index contributed by atoms with van der Waals surface area (Å²) in [6, 6.07) is 11.1. The van der Waals surface area contributed by atoms with E-state index in [1.54, 1.807) is 12.1 Å². The van der Waals surface area contributed by atoms with Crippen LogP contribution in [0.1, 0.15) is 21.5 Å². The number of aliphatic hydroxyl groups excluding tert-OH is 1. The maximum absolute atomic E-state index is 11.9. The lowest BCUT2D eigenvalue weighted by atomic mass is 10.1. The number of hydrogen-bond acceptors (Lipinski definition) is 4. The SMILES string of the molecule is O=C(NCc1ccc(CO)cc1)c1ccc(O)c(O)c1. The minimum atomic E-state index is -0.341. The Bertz CT molecular complexity index is 608. The molecule has 0 aromatic heterocycles. The summed E-state index contributed by atoms with van der Waals surface area (Å²) < 4.78 is 0. The van der Waals surface area contributed by atoms with Crippen LogP contribution in [0, 0.1) is 0 Å². The van der Waals surface area contributed by atoms with Gasteiger partial charge in [0.25, 0.3) is 5.91 Å². The number of benzene rings is 2. The first kappa shape index (κ1) is 13.9. The average molecular weight is 273 g/mol. The Labute approximate surface area is 116 Å². The maximum Gasteiger partial charge on any atom is 0.251 e. The van der Waals surface area contributed by atoms with E-state index >= 15 is 0 Å². The molecule has 4 N–H and O–H groups in total. The highest BCUT2D eigenvalue weighted by Crippen LogP contribution is 2.24. The molecule has 0 fully saturated rings. The third-order valence-corrected chi connectivity index (χ3v) is 2.90. The molecule has 20 heavy (non-hydrogen) atoms. The van der Waals surface area contributed by atoms with Gasteiger partial charge in [0, 0.05) is 12.1 Å². The molecule has 0 radical (unpaired) electrons. The predicted molar refractivity (Wildman–Crippen MR) is 73.3 cm³/mol.